The number of rotatable bonds is 6. The van der Waals surface area contributed by atoms with Crippen LogP contribution in [-0.4, -0.2) is 29.4 Å². The molecule has 6 heteroatoms. The molecule has 33 heavy (non-hydrogen) atoms. The van der Waals surface area contributed by atoms with Crippen LogP contribution < -0.4 is 11.5 Å². The molecular formula is C27H31N3O3. The molecule has 0 bridgehead atoms. The van der Waals surface area contributed by atoms with E-state index in [-0.39, 0.29) is 30.0 Å². The first kappa shape index (κ1) is 24.4. The fourth-order valence-electron chi connectivity index (χ4n) is 3.79. The number of benzene rings is 3. The molecule has 0 amide bonds. The Morgan fingerprint density at radius 2 is 1.33 bits per heavy atom. The molecule has 1 fully saturated rings. The van der Waals surface area contributed by atoms with Crippen LogP contribution in [0.25, 0.3) is 0 Å². The Labute approximate surface area is 195 Å². The zero-order chi connectivity index (χ0) is 23.5. The van der Waals surface area contributed by atoms with Crippen molar-refractivity contribution in [2.24, 2.45) is 11.5 Å². The number of nitriles is 1. The number of para-hydroxylation sites is 1. The highest BCUT2D eigenvalue weighted by molar-refractivity contribution is 5.41. The second kappa shape index (κ2) is 12.7. The van der Waals surface area contributed by atoms with E-state index >= 15 is 0 Å². The summed E-state index contributed by atoms with van der Waals surface area (Å²) in [5.41, 5.74) is 15.0. The van der Waals surface area contributed by atoms with Crippen LogP contribution in [0.4, 0.5) is 0 Å². The number of ether oxygens (including phenoxy) is 2. The molecular weight excluding hydrogens is 414 g/mol. The van der Waals surface area contributed by atoms with Gasteiger partial charge in [-0.15, -0.1) is 0 Å². The van der Waals surface area contributed by atoms with E-state index in [1.54, 1.807) is 18.2 Å². The van der Waals surface area contributed by atoms with Crippen LogP contribution in [0, 0.1) is 11.3 Å². The van der Waals surface area contributed by atoms with Gasteiger partial charge in [-0.3, -0.25) is 0 Å². The molecule has 1 aliphatic rings. The maximum atomic E-state index is 8.89. The largest absolute Gasteiger partial charge is 0.507 e. The van der Waals surface area contributed by atoms with E-state index in [9.17, 15) is 0 Å². The minimum Gasteiger partial charge on any atom is -0.507 e. The first-order chi connectivity index (χ1) is 16.1. The SMILES string of the molecule is N#Cc1ccccc1O.NC1CC(N)[C@H](OCc2ccccc2)C(OCc2ccccc2)C1. The second-order valence-corrected chi connectivity index (χ2v) is 8.12. The van der Waals surface area contributed by atoms with Gasteiger partial charge in [-0.1, -0.05) is 72.8 Å². The number of nitrogens with zero attached hydrogens (tertiary/aromatic N) is 1. The summed E-state index contributed by atoms with van der Waals surface area (Å²) in [6.07, 6.45) is 1.34. The van der Waals surface area contributed by atoms with Gasteiger partial charge in [-0.25, -0.2) is 0 Å². The highest BCUT2D eigenvalue weighted by Crippen LogP contribution is 2.25. The number of nitrogens with two attached hydrogens (primary N) is 2. The molecule has 0 aromatic heterocycles. The summed E-state index contributed by atoms with van der Waals surface area (Å²) in [4.78, 5) is 0. The van der Waals surface area contributed by atoms with E-state index in [0.717, 1.165) is 24.0 Å². The molecule has 5 N–H and O–H groups in total. The minimum atomic E-state index is -0.131. The Morgan fingerprint density at radius 1 is 0.788 bits per heavy atom. The molecule has 4 rings (SSSR count). The van der Waals surface area contributed by atoms with Crippen molar-refractivity contribution in [3.05, 3.63) is 102 Å². The molecule has 3 aromatic carbocycles. The van der Waals surface area contributed by atoms with E-state index in [1.807, 2.05) is 42.5 Å². The molecule has 3 aromatic rings. The van der Waals surface area contributed by atoms with Gasteiger partial charge in [0.2, 0.25) is 0 Å². The van der Waals surface area contributed by atoms with Crippen molar-refractivity contribution in [1.82, 2.24) is 0 Å². The zero-order valence-electron chi connectivity index (χ0n) is 18.6. The van der Waals surface area contributed by atoms with Crippen LogP contribution >= 0.6 is 0 Å². The lowest BCUT2D eigenvalue weighted by atomic mass is 9.87. The third-order valence-corrected chi connectivity index (χ3v) is 5.52. The van der Waals surface area contributed by atoms with Gasteiger partial charge >= 0.3 is 0 Å². The third kappa shape index (κ3) is 7.70. The summed E-state index contributed by atoms with van der Waals surface area (Å²) in [6, 6.07) is 28.5. The number of phenols is 1. The van der Waals surface area contributed by atoms with Gasteiger partial charge in [-0.05, 0) is 36.1 Å². The Morgan fingerprint density at radius 3 is 1.88 bits per heavy atom. The van der Waals surface area contributed by atoms with Gasteiger partial charge in [0, 0.05) is 12.1 Å². The molecule has 0 heterocycles. The number of phenolic OH excluding ortho intramolecular Hbond substituents is 1. The minimum absolute atomic E-state index is 0.0417. The monoisotopic (exact) mass is 445 g/mol. The van der Waals surface area contributed by atoms with E-state index < -0.39 is 0 Å². The molecule has 1 saturated carbocycles. The lowest BCUT2D eigenvalue weighted by Gasteiger charge is -2.38. The van der Waals surface area contributed by atoms with Gasteiger partial charge in [0.05, 0.1) is 31.0 Å². The smallest absolute Gasteiger partial charge is 0.133 e. The van der Waals surface area contributed by atoms with Gasteiger partial charge in [0.1, 0.15) is 11.8 Å². The van der Waals surface area contributed by atoms with Gasteiger partial charge in [0.25, 0.3) is 0 Å². The summed E-state index contributed by atoms with van der Waals surface area (Å²) in [7, 11) is 0. The molecule has 3 unspecified atom stereocenters. The summed E-state index contributed by atoms with van der Waals surface area (Å²) >= 11 is 0. The number of hydrogen-bond acceptors (Lipinski definition) is 6. The standard InChI is InChI=1S/C20H26N2O2.C7H5NO/c21-17-11-18(22)20(24-14-16-9-5-2-6-10-16)19(12-17)23-13-15-7-3-1-4-8-15;8-5-6-3-1-2-4-7(6)9/h1-10,17-20H,11-14,21-22H2;1-4,9H/t17?,18?,19?,20-;/m0./s1. The van der Waals surface area contributed by atoms with Gasteiger partial charge < -0.3 is 26.0 Å². The summed E-state index contributed by atoms with van der Waals surface area (Å²) in [5, 5.41) is 17.2. The molecule has 1 aliphatic carbocycles. The number of aromatic hydroxyl groups is 1. The molecule has 0 spiro atoms. The Bertz CT molecular complexity index is 1010. The molecule has 0 radical (unpaired) electrons. The quantitative estimate of drug-likeness (QED) is 0.531. The van der Waals surface area contributed by atoms with Gasteiger partial charge in [0.15, 0.2) is 0 Å². The average molecular weight is 446 g/mol. The lowest BCUT2D eigenvalue weighted by Crippen LogP contribution is -2.54. The summed E-state index contributed by atoms with van der Waals surface area (Å²) in [6.45, 7) is 1.09. The fourth-order valence-corrected chi connectivity index (χ4v) is 3.79. The topological polar surface area (TPSA) is 115 Å². The Kier molecular flexibility index (Phi) is 9.43. The molecule has 0 saturated heterocycles. The number of hydrogen-bond donors (Lipinski definition) is 3. The van der Waals surface area contributed by atoms with Gasteiger partial charge in [-0.2, -0.15) is 5.26 Å². The van der Waals surface area contributed by atoms with Crippen molar-refractivity contribution in [2.75, 3.05) is 0 Å². The van der Waals surface area contributed by atoms with Crippen LogP contribution in [0.1, 0.15) is 29.5 Å². The predicted octanol–water partition coefficient (Wildman–Crippen LogP) is 3.87. The van der Waals surface area contributed by atoms with Crippen LogP contribution in [0.15, 0.2) is 84.9 Å². The van der Waals surface area contributed by atoms with E-state index in [4.69, 9.17) is 31.3 Å². The average Bonchev–Trinajstić information content (AvgIpc) is 2.84. The first-order valence-electron chi connectivity index (χ1n) is 11.1. The highest BCUT2D eigenvalue weighted by Gasteiger charge is 2.36. The van der Waals surface area contributed by atoms with Crippen molar-refractivity contribution in [3.8, 4) is 11.8 Å². The molecule has 0 aliphatic heterocycles. The lowest BCUT2D eigenvalue weighted by molar-refractivity contribution is -0.114. The third-order valence-electron chi connectivity index (χ3n) is 5.52. The normalized spacial score (nSPS) is 22.0. The second-order valence-electron chi connectivity index (χ2n) is 8.12. The van der Waals surface area contributed by atoms with Crippen molar-refractivity contribution < 1.29 is 14.6 Å². The molecule has 172 valence electrons. The van der Waals surface area contributed by atoms with Crippen LogP contribution in [0.5, 0.6) is 5.75 Å². The molecule has 4 atom stereocenters. The highest BCUT2D eigenvalue weighted by atomic mass is 16.5. The zero-order valence-corrected chi connectivity index (χ0v) is 18.6. The van der Waals surface area contributed by atoms with Crippen LogP contribution in [0.3, 0.4) is 0 Å². The van der Waals surface area contributed by atoms with E-state index in [0.29, 0.717) is 18.8 Å². The Balaban J connectivity index is 0.000000286. The van der Waals surface area contributed by atoms with Crippen LogP contribution in [0.2, 0.25) is 0 Å². The van der Waals surface area contributed by atoms with Crippen molar-refractivity contribution >= 4 is 0 Å². The first-order valence-corrected chi connectivity index (χ1v) is 11.1. The van der Waals surface area contributed by atoms with Crippen molar-refractivity contribution in [2.45, 2.75) is 50.3 Å². The maximum absolute atomic E-state index is 8.89. The Hall–Kier alpha value is -3.21. The van der Waals surface area contributed by atoms with E-state index in [1.165, 1.54) is 6.07 Å². The summed E-state index contributed by atoms with van der Waals surface area (Å²) < 4.78 is 12.3. The molecule has 6 nitrogen and oxygen atoms in total. The van der Waals surface area contributed by atoms with Crippen molar-refractivity contribution in [1.29, 1.82) is 5.26 Å². The fraction of sp³-hybridized carbons (Fsp3) is 0.296. The van der Waals surface area contributed by atoms with Crippen molar-refractivity contribution in [3.63, 3.8) is 0 Å². The maximum Gasteiger partial charge on any atom is 0.133 e. The van der Waals surface area contributed by atoms with E-state index in [2.05, 4.69) is 24.3 Å². The summed E-state index contributed by atoms with van der Waals surface area (Å²) in [5.74, 6) is 0.0417. The van der Waals surface area contributed by atoms with Crippen LogP contribution in [-0.2, 0) is 22.7 Å². The predicted molar refractivity (Wildman–Crippen MR) is 128 cm³/mol.